The Bertz CT molecular complexity index is 1580. The molecule has 6 aliphatic heterocycles. The van der Waals surface area contributed by atoms with Crippen molar-refractivity contribution in [3.05, 3.63) is 71.8 Å². The quantitative estimate of drug-likeness (QED) is 0.130. The number of piperidine rings is 6. The van der Waals surface area contributed by atoms with Crippen LogP contribution in [0, 0.1) is 35.5 Å². The van der Waals surface area contributed by atoms with Crippen LogP contribution < -0.4 is 43.4 Å². The SMILES string of the molecule is CC(=O)Oc1ccc(C[N+]23CCC(CC2)C(OC(=O)C2C4C=CC(C4)C2C(=O)OC2C[N+]4(Cc5ccc(OC(C)=O)cc5)CCC2CC4)C3)cc1.[Br-].[Br-]. The first-order valence-corrected chi connectivity index (χ1v) is 18.9. The minimum atomic E-state index is -0.495. The fourth-order valence-corrected chi connectivity index (χ4v) is 10.5. The molecular weight excluding hydrogens is 808 g/mol. The first-order valence-electron chi connectivity index (χ1n) is 18.9. The largest absolute Gasteiger partial charge is 1.00 e. The molecule has 10 rings (SSSR count). The number of benzene rings is 2. The monoisotopic (exact) mass is 856 g/mol. The zero-order valence-corrected chi connectivity index (χ0v) is 33.7. The summed E-state index contributed by atoms with van der Waals surface area (Å²) in [7, 11) is 0. The van der Waals surface area contributed by atoms with Crippen LogP contribution in [0.4, 0.5) is 0 Å². The molecule has 6 heterocycles. The third kappa shape index (κ3) is 8.31. The summed E-state index contributed by atoms with van der Waals surface area (Å²) < 4.78 is 25.1. The van der Waals surface area contributed by atoms with Gasteiger partial charge in [-0.05, 0) is 66.8 Å². The summed E-state index contributed by atoms with van der Waals surface area (Å²) in [4.78, 5) is 50.9. The number of nitrogens with zero attached hydrogens (tertiary/aromatic N) is 2. The molecule has 0 N–H and O–H groups in total. The Morgan fingerprint density at radius 1 is 0.585 bits per heavy atom. The molecule has 2 aromatic carbocycles. The Labute approximate surface area is 332 Å². The second kappa shape index (κ2) is 16.0. The summed E-state index contributed by atoms with van der Waals surface area (Å²) in [6.45, 7) is 10.3. The van der Waals surface area contributed by atoms with Crippen molar-refractivity contribution in [2.24, 2.45) is 35.5 Å². The molecular formula is C41H50Br2N2O8. The number of fused-ring (bicyclic) bond motifs is 8. The summed E-state index contributed by atoms with van der Waals surface area (Å²) in [5.74, 6) is -0.299. The number of esters is 4. The van der Waals surface area contributed by atoms with Crippen LogP contribution >= 0.6 is 0 Å². The molecule has 2 aliphatic carbocycles. The molecule has 12 heteroatoms. The van der Waals surface area contributed by atoms with E-state index in [0.717, 1.165) is 93.4 Å². The zero-order valence-electron chi connectivity index (χ0n) is 30.5. The number of halogens is 2. The number of rotatable bonds is 10. The van der Waals surface area contributed by atoms with Gasteiger partial charge in [-0.2, -0.15) is 0 Å². The van der Waals surface area contributed by atoms with Crippen LogP contribution in [0.3, 0.4) is 0 Å². The van der Waals surface area contributed by atoms with Crippen molar-refractivity contribution < 1.29 is 81.1 Å². The molecule has 286 valence electrons. The Balaban J connectivity index is 0.00000240. The summed E-state index contributed by atoms with van der Waals surface area (Å²) in [6, 6.07) is 15.5. The van der Waals surface area contributed by atoms with E-state index in [0.29, 0.717) is 23.3 Å². The third-order valence-electron chi connectivity index (χ3n) is 13.0. The van der Waals surface area contributed by atoms with Gasteiger partial charge in [-0.1, -0.05) is 12.2 Å². The van der Waals surface area contributed by atoms with Crippen LogP contribution in [-0.2, 0) is 41.7 Å². The lowest BCUT2D eigenvalue weighted by atomic mass is 9.80. The molecule has 0 amide bonds. The maximum Gasteiger partial charge on any atom is 0.310 e. The standard InChI is InChI=1S/C41H50N2O8.2BrH/c1-26(44)48-34-9-3-28(4-10-34)22-42-17-13-30(14-18-42)36(24-42)50-40(46)38-32-7-8-33(21-32)39(38)41(47)51-37-25-43(19-15-31(37)16-20-43)23-29-5-11-35(12-6-29)49-27(2)45;;/h3-12,30-33,36-39H,13-25H2,1-2H3;2*1H/q+2;;/p-2. The van der Waals surface area contributed by atoms with E-state index in [1.807, 2.05) is 48.5 Å². The van der Waals surface area contributed by atoms with Crippen LogP contribution in [0.25, 0.3) is 0 Å². The molecule has 10 nitrogen and oxygen atoms in total. The summed E-state index contributed by atoms with van der Waals surface area (Å²) in [6.07, 6.45) is 8.79. The molecule has 0 aromatic heterocycles. The lowest BCUT2D eigenvalue weighted by Crippen LogP contribution is -3.00. The van der Waals surface area contributed by atoms with Gasteiger partial charge in [-0.25, -0.2) is 0 Å². The number of hydrogen-bond donors (Lipinski definition) is 0. The predicted molar refractivity (Wildman–Crippen MR) is 186 cm³/mol. The van der Waals surface area contributed by atoms with Crippen molar-refractivity contribution in [3.8, 4) is 11.5 Å². The van der Waals surface area contributed by atoms with E-state index in [1.54, 1.807) is 0 Å². The van der Waals surface area contributed by atoms with Crippen molar-refractivity contribution in [1.29, 1.82) is 0 Å². The minimum absolute atomic E-state index is 0. The van der Waals surface area contributed by atoms with Crippen LogP contribution in [0.1, 0.15) is 57.1 Å². The number of quaternary nitrogens is 2. The Morgan fingerprint density at radius 3 is 1.28 bits per heavy atom. The lowest BCUT2D eigenvalue weighted by Gasteiger charge is -2.52. The Kier molecular flexibility index (Phi) is 11.9. The van der Waals surface area contributed by atoms with Gasteiger partial charge in [0.15, 0.2) is 12.2 Å². The number of carbonyl (C=O) groups is 4. The smallest absolute Gasteiger partial charge is 0.310 e. The molecule has 0 radical (unpaired) electrons. The minimum Gasteiger partial charge on any atom is -1.00 e. The van der Waals surface area contributed by atoms with Crippen LogP contribution in [0.2, 0.25) is 0 Å². The van der Waals surface area contributed by atoms with Gasteiger partial charge < -0.3 is 61.9 Å². The van der Waals surface area contributed by atoms with Crippen LogP contribution in [0.5, 0.6) is 11.5 Å². The normalized spacial score (nSPS) is 34.4. The van der Waals surface area contributed by atoms with Crippen molar-refractivity contribution in [1.82, 2.24) is 0 Å². The van der Waals surface area contributed by atoms with Gasteiger partial charge in [0.2, 0.25) is 0 Å². The van der Waals surface area contributed by atoms with Crippen molar-refractivity contribution in [2.75, 3.05) is 39.3 Å². The van der Waals surface area contributed by atoms with Crippen LogP contribution in [-0.4, -0.2) is 84.3 Å². The van der Waals surface area contributed by atoms with Crippen molar-refractivity contribution in [2.45, 2.75) is 71.2 Å². The van der Waals surface area contributed by atoms with Crippen molar-refractivity contribution in [3.63, 3.8) is 0 Å². The summed E-state index contributed by atoms with van der Waals surface area (Å²) in [5, 5.41) is 0. The maximum atomic E-state index is 14.1. The Morgan fingerprint density at radius 2 is 0.943 bits per heavy atom. The first kappa shape index (κ1) is 39.6. The average Bonchev–Trinajstić information content (AvgIpc) is 3.73. The van der Waals surface area contributed by atoms with Gasteiger partial charge in [0, 0.05) is 62.5 Å². The van der Waals surface area contributed by atoms with E-state index in [-0.39, 0.29) is 81.9 Å². The molecule has 6 saturated heterocycles. The second-order valence-electron chi connectivity index (χ2n) is 16.4. The van der Waals surface area contributed by atoms with E-state index in [4.69, 9.17) is 18.9 Å². The fraction of sp³-hybridized carbons (Fsp3) is 0.561. The highest BCUT2D eigenvalue weighted by molar-refractivity contribution is 5.84. The zero-order chi connectivity index (χ0) is 35.3. The Hall–Kier alpha value is -3.06. The molecule has 2 aromatic rings. The average molecular weight is 859 g/mol. The van der Waals surface area contributed by atoms with E-state index >= 15 is 0 Å². The molecule has 8 aliphatic rings. The molecule has 0 spiro atoms. The second-order valence-corrected chi connectivity index (χ2v) is 16.4. The number of carbonyl (C=O) groups excluding carboxylic acids is 4. The number of hydrogen-bond acceptors (Lipinski definition) is 8. The maximum absolute atomic E-state index is 14.1. The number of allylic oxidation sites excluding steroid dienone is 2. The van der Waals surface area contributed by atoms with E-state index in [2.05, 4.69) is 12.2 Å². The van der Waals surface area contributed by atoms with Gasteiger partial charge in [0.25, 0.3) is 0 Å². The highest BCUT2D eigenvalue weighted by atomic mass is 79.9. The molecule has 6 bridgehead atoms. The first-order chi connectivity index (χ1) is 24.6. The number of ether oxygens (including phenoxy) is 4. The topological polar surface area (TPSA) is 105 Å². The van der Waals surface area contributed by atoms with Gasteiger partial charge in [0.1, 0.15) is 37.7 Å². The van der Waals surface area contributed by atoms with E-state index in [1.165, 1.54) is 25.0 Å². The van der Waals surface area contributed by atoms with Gasteiger partial charge in [0.05, 0.1) is 38.0 Å². The van der Waals surface area contributed by atoms with Crippen LogP contribution in [0.15, 0.2) is 60.7 Å². The third-order valence-corrected chi connectivity index (χ3v) is 13.0. The molecule has 1 saturated carbocycles. The predicted octanol–water partition coefficient (Wildman–Crippen LogP) is -1.01. The van der Waals surface area contributed by atoms with Crippen molar-refractivity contribution >= 4 is 23.9 Å². The molecule has 6 atom stereocenters. The highest BCUT2D eigenvalue weighted by Gasteiger charge is 2.56. The fourth-order valence-electron chi connectivity index (χ4n) is 10.5. The van der Waals surface area contributed by atoms with E-state index in [9.17, 15) is 19.2 Å². The van der Waals surface area contributed by atoms with Gasteiger partial charge >= 0.3 is 23.9 Å². The van der Waals surface area contributed by atoms with E-state index < -0.39 is 11.8 Å². The van der Waals surface area contributed by atoms with Gasteiger partial charge in [-0.15, -0.1) is 0 Å². The molecule has 6 unspecified atom stereocenters. The summed E-state index contributed by atoms with van der Waals surface area (Å²) >= 11 is 0. The highest BCUT2D eigenvalue weighted by Crippen LogP contribution is 2.50. The van der Waals surface area contributed by atoms with Gasteiger partial charge in [-0.3, -0.25) is 19.2 Å². The lowest BCUT2D eigenvalue weighted by molar-refractivity contribution is -0.958. The molecule has 53 heavy (non-hydrogen) atoms. The molecule has 7 fully saturated rings. The summed E-state index contributed by atoms with van der Waals surface area (Å²) in [5.41, 5.74) is 2.35.